The lowest BCUT2D eigenvalue weighted by atomic mass is 10.1. The largest absolute Gasteiger partial charge is 0.494 e. The molecule has 0 fully saturated rings. The molecule has 29 heavy (non-hydrogen) atoms. The number of carboxylic acid groups (broad SMARTS) is 1. The summed E-state index contributed by atoms with van der Waals surface area (Å²) in [4.78, 5) is 10.6. The average molecular weight is 396 g/mol. The summed E-state index contributed by atoms with van der Waals surface area (Å²) >= 11 is 0. The predicted octanol–water partition coefficient (Wildman–Crippen LogP) is 5.54. The van der Waals surface area contributed by atoms with Gasteiger partial charge in [-0.25, -0.2) is 0 Å². The van der Waals surface area contributed by atoms with Gasteiger partial charge < -0.3 is 19.3 Å². The molecule has 0 radical (unpaired) electrons. The van der Waals surface area contributed by atoms with Gasteiger partial charge in [0.2, 0.25) is 0 Å². The van der Waals surface area contributed by atoms with Crippen LogP contribution < -0.4 is 14.2 Å². The smallest absolute Gasteiger partial charge is 0.303 e. The molecule has 0 heterocycles. The van der Waals surface area contributed by atoms with Gasteiger partial charge in [0.15, 0.2) is 11.5 Å². The molecule has 5 nitrogen and oxygen atoms in total. The molecule has 0 spiro atoms. The Labute approximate surface area is 172 Å². The van der Waals surface area contributed by atoms with E-state index in [4.69, 9.17) is 19.3 Å². The fourth-order valence-electron chi connectivity index (χ4n) is 2.83. The van der Waals surface area contributed by atoms with Crippen molar-refractivity contribution in [3.05, 3.63) is 59.2 Å². The lowest BCUT2D eigenvalue weighted by Crippen LogP contribution is -1.99. The quantitative estimate of drug-likeness (QED) is 0.505. The first-order valence-electron chi connectivity index (χ1n) is 9.71. The molecule has 2 aromatic carbocycles. The minimum atomic E-state index is -0.791. The highest BCUT2D eigenvalue weighted by molar-refractivity contribution is 5.76. The third kappa shape index (κ3) is 7.03. The average Bonchev–Trinajstić information content (AvgIpc) is 2.70. The molecule has 0 bridgehead atoms. The Morgan fingerprint density at radius 2 is 1.72 bits per heavy atom. The van der Waals surface area contributed by atoms with E-state index in [2.05, 4.69) is 0 Å². The van der Waals surface area contributed by atoms with E-state index in [-0.39, 0.29) is 6.42 Å². The van der Waals surface area contributed by atoms with Gasteiger partial charge in [0.05, 0.1) is 20.3 Å². The van der Waals surface area contributed by atoms with Crippen LogP contribution in [-0.4, -0.2) is 31.4 Å². The van der Waals surface area contributed by atoms with E-state index in [9.17, 15) is 4.79 Å². The summed E-state index contributed by atoms with van der Waals surface area (Å²) in [6.45, 7) is 4.97. The number of hydrogen-bond donors (Lipinski definition) is 1. The van der Waals surface area contributed by atoms with Crippen LogP contribution in [0.1, 0.15) is 43.4 Å². The zero-order valence-electron chi connectivity index (χ0n) is 17.2. The molecule has 1 N–H and O–H groups in total. The molecule has 0 aliphatic carbocycles. The Balaban J connectivity index is 2.26. The zero-order chi connectivity index (χ0) is 21.1. The van der Waals surface area contributed by atoms with Crippen LogP contribution in [0, 0.1) is 0 Å². The number of hydrogen-bond acceptors (Lipinski definition) is 4. The van der Waals surface area contributed by atoms with Gasteiger partial charge in [0, 0.05) is 18.1 Å². The Morgan fingerprint density at radius 3 is 2.38 bits per heavy atom. The first-order valence-corrected chi connectivity index (χ1v) is 9.71. The number of aliphatic carboxylic acids is 1. The van der Waals surface area contributed by atoms with Crippen LogP contribution in [0.3, 0.4) is 0 Å². The fourth-order valence-corrected chi connectivity index (χ4v) is 2.83. The Morgan fingerprint density at radius 1 is 1.00 bits per heavy atom. The number of carbonyl (C=O) groups is 1. The van der Waals surface area contributed by atoms with E-state index in [0.29, 0.717) is 31.1 Å². The Bertz CT molecular complexity index is 868. The standard InChI is InChI=1S/C24H28O5/c1-4-28-21-16-20(24(27-3)22(17-21)29-5-2)14-13-19-11-8-10-18(15-19)9-6-7-12-23(25)26/h6,8-11,13-17H,4-5,7,12H2,1-3H3,(H,25,26). The highest BCUT2D eigenvalue weighted by Crippen LogP contribution is 2.37. The number of ether oxygens (including phenoxy) is 3. The molecule has 0 unspecified atom stereocenters. The third-order valence-corrected chi connectivity index (χ3v) is 4.07. The molecule has 0 amide bonds. The molecular weight excluding hydrogens is 368 g/mol. The van der Waals surface area contributed by atoms with Crippen LogP contribution in [0.5, 0.6) is 17.2 Å². The summed E-state index contributed by atoms with van der Waals surface area (Å²) in [6.07, 6.45) is 8.42. The minimum Gasteiger partial charge on any atom is -0.494 e. The van der Waals surface area contributed by atoms with Crippen molar-refractivity contribution in [2.45, 2.75) is 26.7 Å². The molecule has 0 saturated heterocycles. The van der Waals surface area contributed by atoms with Crippen molar-refractivity contribution in [1.29, 1.82) is 0 Å². The normalized spacial score (nSPS) is 11.1. The van der Waals surface area contributed by atoms with Gasteiger partial charge in [-0.3, -0.25) is 4.79 Å². The summed E-state index contributed by atoms with van der Waals surface area (Å²) < 4.78 is 16.9. The molecule has 2 aromatic rings. The van der Waals surface area contributed by atoms with Crippen LogP contribution in [0.4, 0.5) is 0 Å². The van der Waals surface area contributed by atoms with Crippen molar-refractivity contribution in [2.75, 3.05) is 20.3 Å². The molecule has 154 valence electrons. The first-order chi connectivity index (χ1) is 14.1. The second-order valence-electron chi connectivity index (χ2n) is 6.25. The molecule has 0 aliphatic rings. The van der Waals surface area contributed by atoms with Crippen molar-refractivity contribution in [1.82, 2.24) is 0 Å². The van der Waals surface area contributed by atoms with Gasteiger partial charge in [-0.15, -0.1) is 0 Å². The molecule has 5 heteroatoms. The van der Waals surface area contributed by atoms with Crippen LogP contribution >= 0.6 is 0 Å². The summed E-state index contributed by atoms with van der Waals surface area (Å²) in [6, 6.07) is 11.8. The van der Waals surface area contributed by atoms with Crippen molar-refractivity contribution in [3.63, 3.8) is 0 Å². The van der Waals surface area contributed by atoms with E-state index in [1.54, 1.807) is 7.11 Å². The summed E-state index contributed by atoms with van der Waals surface area (Å²) in [5, 5.41) is 8.71. The summed E-state index contributed by atoms with van der Waals surface area (Å²) in [5.41, 5.74) is 2.90. The highest BCUT2D eigenvalue weighted by Gasteiger charge is 2.12. The lowest BCUT2D eigenvalue weighted by Gasteiger charge is -2.14. The van der Waals surface area contributed by atoms with Crippen LogP contribution in [0.25, 0.3) is 18.2 Å². The number of methoxy groups -OCH3 is 1. The first kappa shape index (κ1) is 22.1. The predicted molar refractivity (Wildman–Crippen MR) is 117 cm³/mol. The monoisotopic (exact) mass is 396 g/mol. The molecule has 2 rings (SSSR count). The molecular formula is C24H28O5. The maximum absolute atomic E-state index is 10.6. The minimum absolute atomic E-state index is 0.133. The topological polar surface area (TPSA) is 65.0 Å². The maximum atomic E-state index is 10.6. The second-order valence-corrected chi connectivity index (χ2v) is 6.25. The Kier molecular flexibility index (Phi) is 8.83. The lowest BCUT2D eigenvalue weighted by molar-refractivity contribution is -0.136. The fraction of sp³-hybridized carbons (Fsp3) is 0.292. The van der Waals surface area contributed by atoms with Crippen LogP contribution in [-0.2, 0) is 4.79 Å². The van der Waals surface area contributed by atoms with E-state index in [1.807, 2.05) is 74.5 Å². The number of carboxylic acids is 1. The Hall–Kier alpha value is -3.21. The molecule has 0 atom stereocenters. The zero-order valence-corrected chi connectivity index (χ0v) is 17.2. The van der Waals surface area contributed by atoms with Crippen LogP contribution in [0.15, 0.2) is 42.5 Å². The van der Waals surface area contributed by atoms with Crippen molar-refractivity contribution in [3.8, 4) is 17.2 Å². The van der Waals surface area contributed by atoms with Crippen molar-refractivity contribution < 1.29 is 24.1 Å². The van der Waals surface area contributed by atoms with Gasteiger partial charge in [0.1, 0.15) is 5.75 Å². The van der Waals surface area contributed by atoms with Gasteiger partial charge in [-0.05, 0) is 43.5 Å². The molecule has 0 aliphatic heterocycles. The second kappa shape index (κ2) is 11.6. The van der Waals surface area contributed by atoms with Gasteiger partial charge in [-0.1, -0.05) is 42.5 Å². The van der Waals surface area contributed by atoms with E-state index in [1.165, 1.54) is 0 Å². The third-order valence-electron chi connectivity index (χ3n) is 4.07. The molecule has 0 saturated carbocycles. The SMILES string of the molecule is CCOc1cc(C=Cc2cccc(C=CCCC(=O)O)c2)c(OC)c(OCC)c1. The van der Waals surface area contributed by atoms with Crippen molar-refractivity contribution >= 4 is 24.2 Å². The number of rotatable bonds is 11. The van der Waals surface area contributed by atoms with Gasteiger partial charge >= 0.3 is 5.97 Å². The number of benzene rings is 2. The number of allylic oxidation sites excluding steroid dienone is 1. The highest BCUT2D eigenvalue weighted by atomic mass is 16.5. The van der Waals surface area contributed by atoms with Crippen LogP contribution in [0.2, 0.25) is 0 Å². The van der Waals surface area contributed by atoms with Gasteiger partial charge in [-0.2, -0.15) is 0 Å². The molecule has 0 aromatic heterocycles. The maximum Gasteiger partial charge on any atom is 0.303 e. The summed E-state index contributed by atoms with van der Waals surface area (Å²) in [5.74, 6) is 1.25. The summed E-state index contributed by atoms with van der Waals surface area (Å²) in [7, 11) is 1.62. The van der Waals surface area contributed by atoms with Crippen molar-refractivity contribution in [2.24, 2.45) is 0 Å². The van der Waals surface area contributed by atoms with Gasteiger partial charge in [0.25, 0.3) is 0 Å². The van der Waals surface area contributed by atoms with E-state index >= 15 is 0 Å². The van der Waals surface area contributed by atoms with E-state index < -0.39 is 5.97 Å². The van der Waals surface area contributed by atoms with E-state index in [0.717, 1.165) is 22.4 Å².